The summed E-state index contributed by atoms with van der Waals surface area (Å²) in [4.78, 5) is 0. The molecule has 1 aliphatic carbocycles. The topological polar surface area (TPSA) is 0 Å². The summed E-state index contributed by atoms with van der Waals surface area (Å²) in [7, 11) is -1.84. The van der Waals surface area contributed by atoms with Gasteiger partial charge in [0.05, 0.1) is 8.07 Å². The fraction of sp³-hybridized carbons (Fsp3) is 0.351. The van der Waals surface area contributed by atoms with Crippen molar-refractivity contribution in [2.75, 3.05) is 0 Å². The Morgan fingerprint density at radius 3 is 1.60 bits per heavy atom. The molecule has 4 aromatic rings. The molecule has 0 nitrogen and oxygen atoms in total. The zero-order chi connectivity index (χ0) is 27.5. The van der Waals surface area contributed by atoms with E-state index in [9.17, 15) is 0 Å². The van der Waals surface area contributed by atoms with Crippen LogP contribution in [-0.2, 0) is 5.41 Å². The van der Waals surface area contributed by atoms with Crippen LogP contribution in [0.1, 0.15) is 51.7 Å². The van der Waals surface area contributed by atoms with E-state index < -0.39 is 8.07 Å². The minimum Gasteiger partial charge on any atom is -0.0656 e. The van der Waals surface area contributed by atoms with Crippen LogP contribution < -0.4 is 5.19 Å². The van der Waals surface area contributed by atoms with Crippen molar-refractivity contribution in [3.63, 3.8) is 0 Å². The molecule has 3 heteroatoms. The first-order valence-electron chi connectivity index (χ1n) is 15.6. The lowest BCUT2D eigenvalue weighted by Gasteiger charge is -2.42. The number of hydrogen-bond donors (Lipinski definition) is 0. The summed E-state index contributed by atoms with van der Waals surface area (Å²) < 4.78 is 0. The molecule has 6 atom stereocenters. The number of fused-ring (bicyclic) bond motifs is 3. The SMILES string of the molecule is Cc1cccc(C2CC3C([SiH2]2)C2[SiH2]C(c4cccc([Si](C)(C)C)c4)CC2C3(c2ccccc2)c2ccccc2)c1. The van der Waals surface area contributed by atoms with Gasteiger partial charge in [0.25, 0.3) is 0 Å². The van der Waals surface area contributed by atoms with E-state index in [4.69, 9.17) is 0 Å². The molecule has 0 amide bonds. The van der Waals surface area contributed by atoms with Gasteiger partial charge in [0.1, 0.15) is 0 Å². The lowest BCUT2D eigenvalue weighted by molar-refractivity contribution is 0.282. The van der Waals surface area contributed by atoms with E-state index in [2.05, 4.69) is 136 Å². The highest BCUT2D eigenvalue weighted by Gasteiger charge is 2.66. The van der Waals surface area contributed by atoms with Crippen molar-refractivity contribution in [2.45, 2.75) is 67.0 Å². The number of aryl methyl sites for hydroxylation is 1. The molecular formula is C37H44Si3. The Hall–Kier alpha value is -2.47. The monoisotopic (exact) mass is 572 g/mol. The maximum absolute atomic E-state index is 2.65. The Labute approximate surface area is 247 Å². The number of rotatable bonds is 5. The van der Waals surface area contributed by atoms with Crippen molar-refractivity contribution < 1.29 is 0 Å². The third-order valence-corrected chi connectivity index (χ3v) is 20.1. The minimum absolute atomic E-state index is 0.154. The predicted molar refractivity (Wildman–Crippen MR) is 181 cm³/mol. The highest BCUT2D eigenvalue weighted by molar-refractivity contribution is 6.88. The third-order valence-electron chi connectivity index (χ3n) is 11.2. The van der Waals surface area contributed by atoms with Gasteiger partial charge in [-0.1, -0.05) is 140 Å². The Bertz CT molecular complexity index is 1450. The summed E-state index contributed by atoms with van der Waals surface area (Å²) in [6.45, 7) is 9.78. The number of benzene rings is 4. The Balaban J connectivity index is 1.36. The Kier molecular flexibility index (Phi) is 6.68. The van der Waals surface area contributed by atoms with Gasteiger partial charge in [-0.05, 0) is 76.0 Å². The predicted octanol–water partition coefficient (Wildman–Crippen LogP) is 7.28. The molecule has 40 heavy (non-hydrogen) atoms. The Morgan fingerprint density at radius 1 is 0.600 bits per heavy atom. The van der Waals surface area contributed by atoms with Crippen LogP contribution in [0.2, 0.25) is 30.7 Å². The molecule has 0 aromatic heterocycles. The summed E-state index contributed by atoms with van der Waals surface area (Å²) in [6, 6.07) is 43.2. The molecule has 2 aliphatic heterocycles. The van der Waals surface area contributed by atoms with Crippen LogP contribution in [0.4, 0.5) is 0 Å². The molecule has 7 rings (SSSR count). The molecule has 4 aromatic carbocycles. The highest BCUT2D eigenvalue weighted by Crippen LogP contribution is 2.72. The molecule has 3 aliphatic rings. The average molecular weight is 573 g/mol. The van der Waals surface area contributed by atoms with E-state index >= 15 is 0 Å². The zero-order valence-corrected chi connectivity index (χ0v) is 28.5. The third kappa shape index (κ3) is 4.28. The first kappa shape index (κ1) is 26.4. The van der Waals surface area contributed by atoms with Crippen molar-refractivity contribution in [2.24, 2.45) is 11.8 Å². The van der Waals surface area contributed by atoms with Gasteiger partial charge >= 0.3 is 0 Å². The van der Waals surface area contributed by atoms with Crippen molar-refractivity contribution in [3.8, 4) is 0 Å². The largest absolute Gasteiger partial charge is 0.0776 e. The number of hydrogen-bond acceptors (Lipinski definition) is 0. The molecule has 0 bridgehead atoms. The maximum Gasteiger partial charge on any atom is 0.0776 e. The molecule has 3 fully saturated rings. The van der Waals surface area contributed by atoms with Gasteiger partial charge in [-0.3, -0.25) is 0 Å². The second-order valence-electron chi connectivity index (χ2n) is 14.3. The summed E-state index contributed by atoms with van der Waals surface area (Å²) in [6.07, 6.45) is 2.79. The van der Waals surface area contributed by atoms with E-state index in [0.29, 0.717) is 0 Å². The van der Waals surface area contributed by atoms with Crippen molar-refractivity contribution in [3.05, 3.63) is 137 Å². The molecule has 1 saturated carbocycles. The van der Waals surface area contributed by atoms with Gasteiger partial charge < -0.3 is 0 Å². The molecule has 0 radical (unpaired) electrons. The first-order valence-corrected chi connectivity index (χ1v) is 22.4. The van der Waals surface area contributed by atoms with Crippen LogP contribution in [0.15, 0.2) is 109 Å². The van der Waals surface area contributed by atoms with Crippen molar-refractivity contribution in [1.82, 2.24) is 0 Å². The van der Waals surface area contributed by atoms with E-state index in [1.54, 1.807) is 27.4 Å². The van der Waals surface area contributed by atoms with Crippen LogP contribution in [0, 0.1) is 18.8 Å². The van der Waals surface area contributed by atoms with E-state index in [0.717, 1.165) is 34.0 Å². The normalized spacial score (nSPS) is 30.0. The summed E-state index contributed by atoms with van der Waals surface area (Å²) in [5, 5.41) is 1.64. The summed E-state index contributed by atoms with van der Waals surface area (Å²) >= 11 is 0. The van der Waals surface area contributed by atoms with Crippen LogP contribution in [-0.4, -0.2) is 27.1 Å². The van der Waals surface area contributed by atoms with E-state index in [1.165, 1.54) is 18.4 Å². The molecule has 0 N–H and O–H groups in total. The van der Waals surface area contributed by atoms with Gasteiger partial charge in [0.2, 0.25) is 0 Å². The molecule has 2 heterocycles. The highest BCUT2D eigenvalue weighted by atomic mass is 28.3. The lowest BCUT2D eigenvalue weighted by Crippen LogP contribution is -2.39. The van der Waals surface area contributed by atoms with E-state index in [1.807, 2.05) is 0 Å². The van der Waals surface area contributed by atoms with E-state index in [-0.39, 0.29) is 24.5 Å². The standard InChI is InChI=1S/C37H44Si3/c1-25-13-11-14-26(21-25)33-23-31-35(38-33)36-32(24-34(39-36)27-15-12-20-30(22-27)40(2,3)4)37(31,28-16-7-5-8-17-28)29-18-9-6-10-19-29/h5-22,31-36H,23-24,38-39H2,1-4H3. The minimum atomic E-state index is -1.33. The lowest BCUT2D eigenvalue weighted by atomic mass is 9.61. The fourth-order valence-electron chi connectivity index (χ4n) is 9.59. The van der Waals surface area contributed by atoms with Crippen LogP contribution in [0.25, 0.3) is 0 Å². The van der Waals surface area contributed by atoms with Gasteiger partial charge in [-0.2, -0.15) is 0 Å². The maximum atomic E-state index is 2.65. The van der Waals surface area contributed by atoms with Crippen LogP contribution in [0.5, 0.6) is 0 Å². The van der Waals surface area contributed by atoms with Crippen LogP contribution >= 0.6 is 0 Å². The molecule has 2 saturated heterocycles. The second-order valence-corrected chi connectivity index (χ2v) is 24.1. The summed E-state index contributed by atoms with van der Waals surface area (Å²) in [5.41, 5.74) is 11.7. The Morgan fingerprint density at radius 2 is 1.10 bits per heavy atom. The molecule has 0 spiro atoms. The molecule has 204 valence electrons. The quantitative estimate of drug-likeness (QED) is 0.221. The first-order chi connectivity index (χ1) is 19.4. The smallest absolute Gasteiger partial charge is 0.0656 e. The van der Waals surface area contributed by atoms with Gasteiger partial charge in [-0.15, -0.1) is 0 Å². The van der Waals surface area contributed by atoms with Gasteiger partial charge in [0.15, 0.2) is 0 Å². The molecule has 6 unspecified atom stereocenters. The van der Waals surface area contributed by atoms with Gasteiger partial charge in [-0.25, -0.2) is 0 Å². The summed E-state index contributed by atoms with van der Waals surface area (Å²) in [5.74, 6) is 1.57. The zero-order valence-electron chi connectivity index (χ0n) is 24.7. The average Bonchev–Trinajstić information content (AvgIpc) is 3.65. The van der Waals surface area contributed by atoms with Crippen LogP contribution in [0.3, 0.4) is 0 Å². The van der Waals surface area contributed by atoms with Gasteiger partial charge in [0, 0.05) is 24.5 Å². The fourth-order valence-corrected chi connectivity index (χ4v) is 18.5. The van der Waals surface area contributed by atoms with Crippen molar-refractivity contribution in [1.29, 1.82) is 0 Å². The van der Waals surface area contributed by atoms with Crippen molar-refractivity contribution >= 4 is 32.3 Å². The molecular weight excluding hydrogens is 529 g/mol. The second kappa shape index (κ2) is 10.1.